The molecule has 1 heterocycles. The number of benzene rings is 1. The van der Waals surface area contributed by atoms with Gasteiger partial charge in [-0.2, -0.15) is 0 Å². The Hall–Kier alpha value is -1.23. The summed E-state index contributed by atoms with van der Waals surface area (Å²) in [4.78, 5) is 6.50. The molecule has 1 atom stereocenters. The normalized spacial score (nSPS) is 19.3. The smallest absolute Gasteiger partial charge is 0.406 e. The largest absolute Gasteiger partial charge is 0.573 e. The zero-order chi connectivity index (χ0) is 16.2. The van der Waals surface area contributed by atoms with Crippen molar-refractivity contribution in [2.24, 2.45) is 10.7 Å². The van der Waals surface area contributed by atoms with E-state index in [0.29, 0.717) is 18.3 Å². The summed E-state index contributed by atoms with van der Waals surface area (Å²) in [6, 6.07) is 5.72. The average molecular weight is 444 g/mol. The van der Waals surface area contributed by atoms with E-state index >= 15 is 0 Å². The highest BCUT2D eigenvalue weighted by molar-refractivity contribution is 14.0. The molecule has 1 aromatic carbocycles. The summed E-state index contributed by atoms with van der Waals surface area (Å²) in [6.45, 7) is 1.67. The third kappa shape index (κ3) is 6.81. The van der Waals surface area contributed by atoms with Crippen LogP contribution in [-0.2, 0) is 0 Å². The molecule has 0 spiro atoms. The van der Waals surface area contributed by atoms with Crippen molar-refractivity contribution in [1.82, 2.24) is 4.90 Å². The van der Waals surface area contributed by atoms with Gasteiger partial charge >= 0.3 is 6.36 Å². The summed E-state index contributed by atoms with van der Waals surface area (Å²) in [5, 5.41) is 2.84. The number of nitrogens with zero attached hydrogens (tertiary/aromatic N) is 2. The van der Waals surface area contributed by atoms with Crippen LogP contribution in [0, 0.1) is 0 Å². The molecule has 0 radical (unpaired) electrons. The SMILES string of the molecule is CN1CCCC1CN=C(N)Nc1ccc(OC(F)(F)F)cc1.I. The molecule has 1 aromatic rings. The van der Waals surface area contributed by atoms with E-state index in [1.54, 1.807) is 0 Å². The number of nitrogens with two attached hydrogens (primary N) is 1. The summed E-state index contributed by atoms with van der Waals surface area (Å²) in [5.41, 5.74) is 6.33. The van der Waals surface area contributed by atoms with E-state index in [-0.39, 0.29) is 35.7 Å². The van der Waals surface area contributed by atoms with Crippen molar-refractivity contribution in [2.75, 3.05) is 25.5 Å². The van der Waals surface area contributed by atoms with Crippen LogP contribution in [0.5, 0.6) is 5.75 Å². The minimum absolute atomic E-state index is 0. The number of halogens is 4. The number of ether oxygens (including phenoxy) is 1. The fraction of sp³-hybridized carbons (Fsp3) is 0.500. The number of rotatable bonds is 4. The Morgan fingerprint density at radius 2 is 2.04 bits per heavy atom. The van der Waals surface area contributed by atoms with Crippen molar-refractivity contribution in [3.8, 4) is 5.75 Å². The van der Waals surface area contributed by atoms with Crippen molar-refractivity contribution < 1.29 is 17.9 Å². The molecule has 23 heavy (non-hydrogen) atoms. The predicted molar refractivity (Wildman–Crippen MR) is 94.3 cm³/mol. The second-order valence-electron chi connectivity index (χ2n) is 5.20. The molecule has 2 rings (SSSR count). The summed E-state index contributed by atoms with van der Waals surface area (Å²) in [6.07, 6.45) is -2.44. The van der Waals surface area contributed by atoms with Gasteiger partial charge in [-0.25, -0.2) is 0 Å². The zero-order valence-electron chi connectivity index (χ0n) is 12.6. The second-order valence-corrected chi connectivity index (χ2v) is 5.20. The van der Waals surface area contributed by atoms with E-state index in [0.717, 1.165) is 19.4 Å². The minimum Gasteiger partial charge on any atom is -0.406 e. The van der Waals surface area contributed by atoms with Crippen LogP contribution < -0.4 is 15.8 Å². The lowest BCUT2D eigenvalue weighted by Crippen LogP contribution is -2.30. The average Bonchev–Trinajstić information content (AvgIpc) is 2.83. The number of anilines is 1. The lowest BCUT2D eigenvalue weighted by molar-refractivity contribution is -0.274. The van der Waals surface area contributed by atoms with Crippen LogP contribution in [0.2, 0.25) is 0 Å². The molecule has 9 heteroatoms. The Morgan fingerprint density at radius 3 is 2.57 bits per heavy atom. The van der Waals surface area contributed by atoms with Gasteiger partial charge < -0.3 is 20.7 Å². The summed E-state index contributed by atoms with van der Waals surface area (Å²) >= 11 is 0. The number of likely N-dealkylation sites (N-methyl/N-ethyl adjacent to an activating group) is 1. The fourth-order valence-corrected chi connectivity index (χ4v) is 2.34. The number of hydrogen-bond donors (Lipinski definition) is 2. The Balaban J connectivity index is 0.00000264. The minimum atomic E-state index is -4.69. The number of nitrogens with one attached hydrogen (secondary N) is 1. The first kappa shape index (κ1) is 19.8. The van der Waals surface area contributed by atoms with Crippen molar-refractivity contribution >= 4 is 35.6 Å². The van der Waals surface area contributed by atoms with E-state index < -0.39 is 6.36 Å². The molecule has 0 amide bonds. The van der Waals surface area contributed by atoms with Gasteiger partial charge in [0, 0.05) is 11.7 Å². The van der Waals surface area contributed by atoms with Crippen molar-refractivity contribution in [2.45, 2.75) is 25.2 Å². The first-order valence-electron chi connectivity index (χ1n) is 6.96. The lowest BCUT2D eigenvalue weighted by atomic mass is 10.2. The zero-order valence-corrected chi connectivity index (χ0v) is 15.0. The van der Waals surface area contributed by atoms with Gasteiger partial charge in [-0.05, 0) is 50.7 Å². The van der Waals surface area contributed by atoms with Gasteiger partial charge in [0.05, 0.1) is 6.54 Å². The first-order valence-corrected chi connectivity index (χ1v) is 6.96. The van der Waals surface area contributed by atoms with Crippen molar-refractivity contribution in [3.63, 3.8) is 0 Å². The molecule has 1 aliphatic heterocycles. The van der Waals surface area contributed by atoms with E-state index in [1.807, 2.05) is 0 Å². The molecule has 5 nitrogen and oxygen atoms in total. The Kier molecular flexibility index (Phi) is 7.39. The molecule has 3 N–H and O–H groups in total. The van der Waals surface area contributed by atoms with Crippen LogP contribution in [0.25, 0.3) is 0 Å². The van der Waals surface area contributed by atoms with Crippen molar-refractivity contribution in [3.05, 3.63) is 24.3 Å². The molecular formula is C14H20F3IN4O. The van der Waals surface area contributed by atoms with Crippen LogP contribution >= 0.6 is 24.0 Å². The van der Waals surface area contributed by atoms with Gasteiger partial charge in [-0.15, -0.1) is 37.1 Å². The Labute approximate surface area is 150 Å². The molecule has 1 unspecified atom stereocenters. The van der Waals surface area contributed by atoms with Gasteiger partial charge in [-0.3, -0.25) is 4.99 Å². The molecule has 1 aliphatic rings. The highest BCUT2D eigenvalue weighted by atomic mass is 127. The molecule has 0 aromatic heterocycles. The maximum absolute atomic E-state index is 12.1. The molecule has 0 saturated carbocycles. The fourth-order valence-electron chi connectivity index (χ4n) is 2.34. The van der Waals surface area contributed by atoms with Gasteiger partial charge in [-0.1, -0.05) is 0 Å². The highest BCUT2D eigenvalue weighted by Crippen LogP contribution is 2.23. The van der Waals surface area contributed by atoms with E-state index in [9.17, 15) is 13.2 Å². The maximum Gasteiger partial charge on any atom is 0.573 e. The molecular weight excluding hydrogens is 424 g/mol. The molecule has 1 saturated heterocycles. The van der Waals surface area contributed by atoms with E-state index in [2.05, 4.69) is 27.0 Å². The van der Waals surface area contributed by atoms with Gasteiger partial charge in [0.15, 0.2) is 5.96 Å². The second kappa shape index (κ2) is 8.57. The number of hydrogen-bond acceptors (Lipinski definition) is 3. The first-order chi connectivity index (χ1) is 10.3. The molecule has 0 aliphatic carbocycles. The van der Waals surface area contributed by atoms with Crippen LogP contribution in [0.4, 0.5) is 18.9 Å². The maximum atomic E-state index is 12.1. The van der Waals surface area contributed by atoms with Crippen LogP contribution in [-0.4, -0.2) is 43.4 Å². The highest BCUT2D eigenvalue weighted by Gasteiger charge is 2.30. The molecule has 0 bridgehead atoms. The number of guanidine groups is 1. The standard InChI is InChI=1S/C14H19F3N4O.HI/c1-21-8-2-3-11(21)9-19-13(18)20-10-4-6-12(7-5-10)22-14(15,16)17;/h4-7,11H,2-3,8-9H2,1H3,(H3,18,19,20);1H. The van der Waals surface area contributed by atoms with Crippen LogP contribution in [0.15, 0.2) is 29.3 Å². The number of aliphatic imine (C=N–C) groups is 1. The third-order valence-electron chi connectivity index (χ3n) is 3.50. The summed E-state index contributed by atoms with van der Waals surface area (Å²) < 4.78 is 39.9. The predicted octanol–water partition coefficient (Wildman–Crippen LogP) is 3.02. The van der Waals surface area contributed by atoms with Crippen LogP contribution in [0.3, 0.4) is 0 Å². The number of likely N-dealkylation sites (tertiary alicyclic amines) is 1. The van der Waals surface area contributed by atoms with E-state index in [1.165, 1.54) is 24.3 Å². The van der Waals surface area contributed by atoms with Gasteiger partial charge in [0.25, 0.3) is 0 Å². The van der Waals surface area contributed by atoms with Crippen LogP contribution in [0.1, 0.15) is 12.8 Å². The monoisotopic (exact) mass is 444 g/mol. The summed E-state index contributed by atoms with van der Waals surface area (Å²) in [7, 11) is 2.05. The van der Waals surface area contributed by atoms with Crippen molar-refractivity contribution in [1.29, 1.82) is 0 Å². The van der Waals surface area contributed by atoms with Gasteiger partial charge in [0.2, 0.25) is 0 Å². The van der Waals surface area contributed by atoms with E-state index in [4.69, 9.17) is 5.73 Å². The summed E-state index contributed by atoms with van der Waals surface area (Å²) in [5.74, 6) is -0.0362. The Bertz CT molecular complexity index is 522. The lowest BCUT2D eigenvalue weighted by Gasteiger charge is -2.17. The molecule has 130 valence electrons. The number of alkyl halides is 3. The Morgan fingerprint density at radius 1 is 1.39 bits per heavy atom. The van der Waals surface area contributed by atoms with Gasteiger partial charge in [0.1, 0.15) is 5.75 Å². The topological polar surface area (TPSA) is 62.9 Å². The quantitative estimate of drug-likeness (QED) is 0.426. The molecule has 1 fully saturated rings. The third-order valence-corrected chi connectivity index (χ3v) is 3.50.